The minimum atomic E-state index is -4.04. The summed E-state index contributed by atoms with van der Waals surface area (Å²) in [6.45, 7) is 2.29. The minimum Gasteiger partial charge on any atom is -0.493 e. The number of rotatable bonds is 6. The van der Waals surface area contributed by atoms with E-state index in [2.05, 4.69) is 26.5 Å². The van der Waals surface area contributed by atoms with Gasteiger partial charge in [0.1, 0.15) is 10.6 Å². The Morgan fingerprint density at radius 1 is 0.895 bits per heavy atom. The third kappa shape index (κ3) is 4.73. The molecule has 2 N–H and O–H groups in total. The summed E-state index contributed by atoms with van der Waals surface area (Å²) in [5, 5.41) is 11.1. The molecule has 9 heteroatoms. The van der Waals surface area contributed by atoms with Crippen LogP contribution in [0.1, 0.15) is 28.5 Å². The molecule has 0 spiro atoms. The number of sulfonamides is 1. The van der Waals surface area contributed by atoms with Crippen molar-refractivity contribution in [1.82, 2.24) is 9.97 Å². The predicted octanol–water partition coefficient (Wildman–Crippen LogP) is 5.08. The van der Waals surface area contributed by atoms with Gasteiger partial charge in [0.15, 0.2) is 5.69 Å². The number of pyridine rings is 2. The van der Waals surface area contributed by atoms with Crippen molar-refractivity contribution in [2.24, 2.45) is 0 Å². The highest BCUT2D eigenvalue weighted by Gasteiger charge is 2.21. The van der Waals surface area contributed by atoms with Crippen LogP contribution in [0.3, 0.4) is 0 Å². The average molecular weight is 524 g/mol. The van der Waals surface area contributed by atoms with E-state index >= 15 is 0 Å². The summed E-state index contributed by atoms with van der Waals surface area (Å²) < 4.78 is 35.2. The summed E-state index contributed by atoms with van der Waals surface area (Å²) in [6.07, 6.45) is 2.94. The van der Waals surface area contributed by atoms with Crippen LogP contribution in [0.2, 0.25) is 0 Å². The van der Waals surface area contributed by atoms with Gasteiger partial charge in [-0.15, -0.1) is 0 Å². The zero-order valence-corrected chi connectivity index (χ0v) is 21.0. The van der Waals surface area contributed by atoms with Crippen LogP contribution < -0.4 is 9.46 Å². The van der Waals surface area contributed by atoms with E-state index in [9.17, 15) is 18.3 Å². The van der Waals surface area contributed by atoms with Gasteiger partial charge in [0.05, 0.1) is 23.4 Å². The number of benzene rings is 3. The van der Waals surface area contributed by atoms with Crippen LogP contribution in [0.15, 0.2) is 90.1 Å². The van der Waals surface area contributed by atoms with Gasteiger partial charge < -0.3 is 9.84 Å². The number of aromatic carboxylic acids is 1. The summed E-state index contributed by atoms with van der Waals surface area (Å²) in [4.78, 5) is 19.9. The second kappa shape index (κ2) is 10.2. The number of ether oxygens (including phenoxy) is 1. The van der Waals surface area contributed by atoms with E-state index in [-0.39, 0.29) is 16.3 Å². The van der Waals surface area contributed by atoms with E-state index in [1.54, 1.807) is 66.7 Å². The van der Waals surface area contributed by atoms with Crippen LogP contribution in [-0.2, 0) is 10.0 Å². The second-order valence-electron chi connectivity index (χ2n) is 8.17. The van der Waals surface area contributed by atoms with Crippen molar-refractivity contribution in [3.63, 3.8) is 0 Å². The highest BCUT2D eigenvalue weighted by molar-refractivity contribution is 7.93. The number of hydrogen-bond acceptors (Lipinski definition) is 6. The lowest BCUT2D eigenvalue weighted by Crippen LogP contribution is -2.15. The van der Waals surface area contributed by atoms with Gasteiger partial charge in [0.25, 0.3) is 10.0 Å². The van der Waals surface area contributed by atoms with Gasteiger partial charge in [0, 0.05) is 34.1 Å². The Balaban J connectivity index is 1.54. The number of nitrogens with zero attached hydrogens (tertiary/aromatic N) is 2. The number of carboxylic acid groups (broad SMARTS) is 1. The summed E-state index contributed by atoms with van der Waals surface area (Å²) in [5.41, 5.74) is 1.48. The lowest BCUT2D eigenvalue weighted by Gasteiger charge is -2.13. The first-order chi connectivity index (χ1) is 18.4. The molecule has 2 heterocycles. The van der Waals surface area contributed by atoms with Gasteiger partial charge in [-0.1, -0.05) is 48.2 Å². The first-order valence-corrected chi connectivity index (χ1v) is 13.1. The molecule has 8 nitrogen and oxygen atoms in total. The molecule has 0 aliphatic rings. The first kappa shape index (κ1) is 24.7. The fourth-order valence-electron chi connectivity index (χ4n) is 4.10. The molecule has 38 heavy (non-hydrogen) atoms. The summed E-state index contributed by atoms with van der Waals surface area (Å²) in [5.74, 6) is 5.45. The number of nitrogens with one attached hydrogen (secondary N) is 1. The SMILES string of the molecule is CCOc1ccc(S(=O)(=O)Nc2ccccc2C#Cc2cnc(C(=O)O)c3ccccc23)c2ncccc12. The number of anilines is 1. The molecule has 0 amide bonds. The quantitative estimate of drug-likeness (QED) is 0.298. The van der Waals surface area contributed by atoms with Crippen molar-refractivity contribution in [1.29, 1.82) is 0 Å². The maximum Gasteiger partial charge on any atom is 0.355 e. The monoisotopic (exact) mass is 523 g/mol. The Bertz CT molecular complexity index is 1870. The Kier molecular flexibility index (Phi) is 6.64. The average Bonchev–Trinajstić information content (AvgIpc) is 2.92. The van der Waals surface area contributed by atoms with Crippen LogP contribution in [0.5, 0.6) is 5.75 Å². The van der Waals surface area contributed by atoms with Gasteiger partial charge in [-0.25, -0.2) is 18.2 Å². The van der Waals surface area contributed by atoms with Crippen LogP contribution in [0, 0.1) is 11.8 Å². The molecule has 3 aromatic carbocycles. The highest BCUT2D eigenvalue weighted by Crippen LogP contribution is 2.31. The van der Waals surface area contributed by atoms with Crippen molar-refractivity contribution >= 4 is 43.4 Å². The Morgan fingerprint density at radius 3 is 2.39 bits per heavy atom. The fourth-order valence-corrected chi connectivity index (χ4v) is 5.34. The Labute approximate surface area is 219 Å². The predicted molar refractivity (Wildman–Crippen MR) is 145 cm³/mol. The van der Waals surface area contributed by atoms with E-state index < -0.39 is 16.0 Å². The minimum absolute atomic E-state index is 0.0127. The summed E-state index contributed by atoms with van der Waals surface area (Å²) >= 11 is 0. The molecule has 0 saturated carbocycles. The van der Waals surface area contributed by atoms with Crippen molar-refractivity contribution in [2.45, 2.75) is 11.8 Å². The van der Waals surface area contributed by atoms with Crippen LogP contribution in [-0.4, -0.2) is 36.1 Å². The topological polar surface area (TPSA) is 118 Å². The van der Waals surface area contributed by atoms with Gasteiger partial charge in [-0.2, -0.15) is 0 Å². The molecule has 0 aliphatic carbocycles. The Morgan fingerprint density at radius 2 is 1.61 bits per heavy atom. The van der Waals surface area contributed by atoms with Crippen molar-refractivity contribution in [3.05, 3.63) is 102 Å². The van der Waals surface area contributed by atoms with Crippen LogP contribution in [0.4, 0.5) is 5.69 Å². The molecule has 5 rings (SSSR count). The third-order valence-corrected chi connectivity index (χ3v) is 7.18. The van der Waals surface area contributed by atoms with Crippen molar-refractivity contribution in [3.8, 4) is 17.6 Å². The molecule has 0 radical (unpaired) electrons. The van der Waals surface area contributed by atoms with E-state index in [0.717, 1.165) is 0 Å². The largest absolute Gasteiger partial charge is 0.493 e. The van der Waals surface area contributed by atoms with Gasteiger partial charge >= 0.3 is 5.97 Å². The van der Waals surface area contributed by atoms with E-state index in [1.165, 1.54) is 18.5 Å². The first-order valence-electron chi connectivity index (χ1n) is 11.6. The maximum atomic E-state index is 13.5. The number of aromatic nitrogens is 2. The van der Waals surface area contributed by atoms with Crippen molar-refractivity contribution < 1.29 is 23.1 Å². The molecule has 5 aromatic rings. The van der Waals surface area contributed by atoms with Crippen LogP contribution >= 0.6 is 0 Å². The summed E-state index contributed by atoms with van der Waals surface area (Å²) in [6, 6.07) is 20.3. The molecule has 0 atom stereocenters. The molecule has 0 unspecified atom stereocenters. The van der Waals surface area contributed by atoms with Crippen LogP contribution in [0.25, 0.3) is 21.7 Å². The normalized spacial score (nSPS) is 11.1. The standard InChI is InChI=1S/C29H21N3O5S/c1-2-37-25-15-16-26(27-23(25)11-7-17-30-27)38(35,36)32-24-12-6-3-8-19(24)13-14-20-18-31-28(29(33)34)22-10-5-4-9-21(20)22/h3-12,15-18,32H,2H2,1H3,(H,33,34). The molecule has 0 saturated heterocycles. The van der Waals surface area contributed by atoms with E-state index in [0.29, 0.717) is 45.2 Å². The molecule has 0 bridgehead atoms. The van der Waals surface area contributed by atoms with E-state index in [1.807, 2.05) is 6.92 Å². The lowest BCUT2D eigenvalue weighted by molar-refractivity contribution is 0.0693. The molecule has 2 aromatic heterocycles. The van der Waals surface area contributed by atoms with Gasteiger partial charge in [0.2, 0.25) is 0 Å². The summed E-state index contributed by atoms with van der Waals surface area (Å²) in [7, 11) is -4.04. The molecular formula is C29H21N3O5S. The third-order valence-electron chi connectivity index (χ3n) is 5.78. The molecule has 0 aliphatic heterocycles. The zero-order valence-electron chi connectivity index (χ0n) is 20.2. The number of carbonyl (C=O) groups is 1. The highest BCUT2D eigenvalue weighted by atomic mass is 32.2. The lowest BCUT2D eigenvalue weighted by atomic mass is 10.0. The fraction of sp³-hybridized carbons (Fsp3) is 0.0690. The van der Waals surface area contributed by atoms with Crippen molar-refractivity contribution in [2.75, 3.05) is 11.3 Å². The number of hydrogen-bond donors (Lipinski definition) is 2. The van der Waals surface area contributed by atoms with E-state index in [4.69, 9.17) is 4.74 Å². The number of carboxylic acids is 1. The molecular weight excluding hydrogens is 502 g/mol. The van der Waals surface area contributed by atoms with Gasteiger partial charge in [-0.05, 0) is 43.3 Å². The maximum absolute atomic E-state index is 13.5. The smallest absolute Gasteiger partial charge is 0.355 e. The second-order valence-corrected chi connectivity index (χ2v) is 9.82. The molecule has 0 fully saturated rings. The number of para-hydroxylation sites is 1. The zero-order chi connectivity index (χ0) is 26.7. The molecule has 188 valence electrons. The van der Waals surface area contributed by atoms with Gasteiger partial charge in [-0.3, -0.25) is 9.71 Å². The Hall–Kier alpha value is -4.94. The number of fused-ring (bicyclic) bond motifs is 2.